The molecular formula is C15H15BrN2O2. The van der Waals surface area contributed by atoms with Crippen molar-refractivity contribution in [2.45, 2.75) is 19.6 Å². The molecule has 104 valence electrons. The van der Waals surface area contributed by atoms with Gasteiger partial charge in [-0.3, -0.25) is 4.98 Å². The average molecular weight is 335 g/mol. The highest BCUT2D eigenvalue weighted by molar-refractivity contribution is 9.10. The summed E-state index contributed by atoms with van der Waals surface area (Å²) in [5, 5.41) is 12.6. The molecule has 3 rings (SSSR count). The molecule has 0 radical (unpaired) electrons. The third kappa shape index (κ3) is 2.64. The summed E-state index contributed by atoms with van der Waals surface area (Å²) >= 11 is 3.54. The average Bonchev–Trinajstić information content (AvgIpc) is 2.93. The van der Waals surface area contributed by atoms with Crippen LogP contribution in [0.4, 0.5) is 5.69 Å². The Balaban J connectivity index is 1.82. The molecule has 0 fully saturated rings. The zero-order valence-electron chi connectivity index (χ0n) is 10.9. The fourth-order valence-electron chi connectivity index (χ4n) is 2.39. The number of ether oxygens (including phenoxy) is 1. The van der Waals surface area contributed by atoms with Crippen molar-refractivity contribution in [3.8, 4) is 5.75 Å². The number of aliphatic hydroxyl groups is 1. The van der Waals surface area contributed by atoms with Gasteiger partial charge in [-0.05, 0) is 23.8 Å². The molecular weight excluding hydrogens is 320 g/mol. The van der Waals surface area contributed by atoms with Gasteiger partial charge in [0, 0.05) is 46.6 Å². The number of nitrogens with one attached hydrogen (secondary N) is 1. The van der Waals surface area contributed by atoms with E-state index in [1.165, 1.54) is 5.56 Å². The zero-order valence-corrected chi connectivity index (χ0v) is 12.5. The SMILES string of the molecule is OCc1cnccc1NCc1cc(Br)cc2c1OCC2. The number of aromatic nitrogens is 1. The van der Waals surface area contributed by atoms with Crippen molar-refractivity contribution in [2.75, 3.05) is 11.9 Å². The minimum absolute atomic E-state index is 0.0245. The molecule has 0 unspecified atom stereocenters. The maximum absolute atomic E-state index is 9.30. The number of halogens is 1. The number of fused-ring (bicyclic) bond motifs is 1. The van der Waals surface area contributed by atoms with Crippen molar-refractivity contribution in [1.29, 1.82) is 0 Å². The maximum Gasteiger partial charge on any atom is 0.127 e. The number of aliphatic hydroxyl groups excluding tert-OH is 1. The molecule has 1 aliphatic rings. The third-order valence-electron chi connectivity index (χ3n) is 3.37. The number of benzene rings is 1. The van der Waals surface area contributed by atoms with E-state index >= 15 is 0 Å². The number of hydrogen-bond donors (Lipinski definition) is 2. The molecule has 2 N–H and O–H groups in total. The summed E-state index contributed by atoms with van der Waals surface area (Å²) in [5.41, 5.74) is 4.05. The lowest BCUT2D eigenvalue weighted by Gasteiger charge is -2.13. The van der Waals surface area contributed by atoms with Crippen LogP contribution < -0.4 is 10.1 Å². The van der Waals surface area contributed by atoms with Gasteiger partial charge in [-0.2, -0.15) is 0 Å². The Bertz CT molecular complexity index is 631. The van der Waals surface area contributed by atoms with Crippen LogP contribution in [0.1, 0.15) is 16.7 Å². The van der Waals surface area contributed by atoms with Gasteiger partial charge >= 0.3 is 0 Å². The molecule has 2 aromatic rings. The Morgan fingerprint density at radius 1 is 1.35 bits per heavy atom. The quantitative estimate of drug-likeness (QED) is 0.902. The minimum atomic E-state index is -0.0245. The summed E-state index contributed by atoms with van der Waals surface area (Å²) < 4.78 is 6.77. The molecule has 0 spiro atoms. The Kier molecular flexibility index (Phi) is 3.89. The second kappa shape index (κ2) is 5.81. The van der Waals surface area contributed by atoms with Crippen molar-refractivity contribution in [3.05, 3.63) is 51.8 Å². The Labute approximate surface area is 125 Å². The first-order valence-corrected chi connectivity index (χ1v) is 7.29. The lowest BCUT2D eigenvalue weighted by atomic mass is 10.1. The monoisotopic (exact) mass is 334 g/mol. The van der Waals surface area contributed by atoms with Crippen LogP contribution in [-0.2, 0) is 19.6 Å². The zero-order chi connectivity index (χ0) is 13.9. The van der Waals surface area contributed by atoms with Gasteiger partial charge in [-0.1, -0.05) is 15.9 Å². The molecule has 4 nitrogen and oxygen atoms in total. The molecule has 2 heterocycles. The predicted molar refractivity (Wildman–Crippen MR) is 80.8 cm³/mol. The summed E-state index contributed by atoms with van der Waals surface area (Å²) in [7, 11) is 0. The molecule has 1 aromatic heterocycles. The van der Waals surface area contributed by atoms with E-state index in [9.17, 15) is 5.11 Å². The minimum Gasteiger partial charge on any atom is -0.493 e. The highest BCUT2D eigenvalue weighted by atomic mass is 79.9. The highest BCUT2D eigenvalue weighted by Crippen LogP contribution is 2.33. The Hall–Kier alpha value is -1.59. The van der Waals surface area contributed by atoms with E-state index in [-0.39, 0.29) is 6.61 Å². The smallest absolute Gasteiger partial charge is 0.127 e. The van der Waals surface area contributed by atoms with Crippen LogP contribution in [0, 0.1) is 0 Å². The van der Waals surface area contributed by atoms with Gasteiger partial charge in [0.2, 0.25) is 0 Å². The van der Waals surface area contributed by atoms with Crippen LogP contribution in [0.3, 0.4) is 0 Å². The van der Waals surface area contributed by atoms with Crippen molar-refractivity contribution in [3.63, 3.8) is 0 Å². The summed E-state index contributed by atoms with van der Waals surface area (Å²) in [6.07, 6.45) is 4.34. The standard InChI is InChI=1S/C15H15BrN2O2/c16-13-5-10-2-4-20-15(10)11(6-13)8-18-14-1-3-17-7-12(14)9-19/h1,3,5-7,19H,2,4,8-9H2,(H,17,18). The Morgan fingerprint density at radius 3 is 3.10 bits per heavy atom. The number of pyridine rings is 1. The number of nitrogens with zero attached hydrogens (tertiary/aromatic N) is 1. The van der Waals surface area contributed by atoms with E-state index in [4.69, 9.17) is 4.74 Å². The fraction of sp³-hybridized carbons (Fsp3) is 0.267. The topological polar surface area (TPSA) is 54.4 Å². The third-order valence-corrected chi connectivity index (χ3v) is 3.83. The van der Waals surface area contributed by atoms with Crippen molar-refractivity contribution in [1.82, 2.24) is 4.98 Å². The molecule has 0 saturated carbocycles. The molecule has 0 saturated heterocycles. The van der Waals surface area contributed by atoms with Crippen LogP contribution in [0.15, 0.2) is 35.1 Å². The first-order valence-electron chi connectivity index (χ1n) is 6.49. The molecule has 0 aliphatic carbocycles. The van der Waals surface area contributed by atoms with Gasteiger partial charge in [0.1, 0.15) is 5.75 Å². The molecule has 20 heavy (non-hydrogen) atoms. The van der Waals surface area contributed by atoms with Gasteiger partial charge < -0.3 is 15.2 Å². The van der Waals surface area contributed by atoms with E-state index in [0.29, 0.717) is 6.54 Å². The lowest BCUT2D eigenvalue weighted by molar-refractivity contribution is 0.282. The van der Waals surface area contributed by atoms with E-state index in [0.717, 1.165) is 40.1 Å². The van der Waals surface area contributed by atoms with Gasteiger partial charge in [0.15, 0.2) is 0 Å². The van der Waals surface area contributed by atoms with Crippen LogP contribution in [0.25, 0.3) is 0 Å². The van der Waals surface area contributed by atoms with Gasteiger partial charge in [0.25, 0.3) is 0 Å². The van der Waals surface area contributed by atoms with E-state index in [1.807, 2.05) is 6.07 Å². The van der Waals surface area contributed by atoms with E-state index < -0.39 is 0 Å². The number of hydrogen-bond acceptors (Lipinski definition) is 4. The largest absolute Gasteiger partial charge is 0.493 e. The Morgan fingerprint density at radius 2 is 2.25 bits per heavy atom. The van der Waals surface area contributed by atoms with Gasteiger partial charge in [-0.25, -0.2) is 0 Å². The normalized spacial score (nSPS) is 12.9. The van der Waals surface area contributed by atoms with Crippen LogP contribution >= 0.6 is 15.9 Å². The summed E-state index contributed by atoms with van der Waals surface area (Å²) in [5.74, 6) is 0.986. The molecule has 0 atom stereocenters. The molecule has 0 amide bonds. The van der Waals surface area contributed by atoms with Gasteiger partial charge in [-0.15, -0.1) is 0 Å². The number of anilines is 1. The molecule has 1 aromatic carbocycles. The predicted octanol–water partition coefficient (Wildman–Crippen LogP) is 2.88. The summed E-state index contributed by atoms with van der Waals surface area (Å²) in [6, 6.07) is 6.04. The van der Waals surface area contributed by atoms with Crippen molar-refractivity contribution in [2.24, 2.45) is 0 Å². The highest BCUT2D eigenvalue weighted by Gasteiger charge is 2.17. The summed E-state index contributed by atoms with van der Waals surface area (Å²) in [6.45, 7) is 1.37. The van der Waals surface area contributed by atoms with Crippen molar-refractivity contribution >= 4 is 21.6 Å². The number of rotatable bonds is 4. The first-order chi connectivity index (χ1) is 9.78. The summed E-state index contributed by atoms with van der Waals surface area (Å²) in [4.78, 5) is 4.01. The van der Waals surface area contributed by atoms with Crippen LogP contribution in [0.5, 0.6) is 5.75 Å². The molecule has 1 aliphatic heterocycles. The first kappa shape index (κ1) is 13.4. The fourth-order valence-corrected chi connectivity index (χ4v) is 2.95. The van der Waals surface area contributed by atoms with Crippen LogP contribution in [-0.4, -0.2) is 16.7 Å². The lowest BCUT2D eigenvalue weighted by Crippen LogP contribution is -2.04. The molecule has 5 heteroatoms. The second-order valence-corrected chi connectivity index (χ2v) is 5.61. The van der Waals surface area contributed by atoms with Gasteiger partial charge in [0.05, 0.1) is 13.2 Å². The van der Waals surface area contributed by atoms with Crippen molar-refractivity contribution < 1.29 is 9.84 Å². The molecule has 0 bridgehead atoms. The maximum atomic E-state index is 9.30. The van der Waals surface area contributed by atoms with Crippen LogP contribution in [0.2, 0.25) is 0 Å². The second-order valence-electron chi connectivity index (χ2n) is 4.70. The van der Waals surface area contributed by atoms with E-state index in [1.54, 1.807) is 12.4 Å². The van der Waals surface area contributed by atoms with E-state index in [2.05, 4.69) is 38.4 Å².